The first-order valence-corrected chi connectivity index (χ1v) is 9.18. The number of phenols is 1. The Hall–Kier alpha value is -2.87. The molecule has 1 aliphatic carbocycles. The van der Waals surface area contributed by atoms with Crippen LogP contribution >= 0.6 is 0 Å². The molecule has 0 aliphatic heterocycles. The van der Waals surface area contributed by atoms with Crippen molar-refractivity contribution in [2.45, 2.75) is 38.3 Å². The Kier molecular flexibility index (Phi) is 6.08. The number of para-hydroxylation sites is 1. The summed E-state index contributed by atoms with van der Waals surface area (Å²) in [7, 11) is 0. The van der Waals surface area contributed by atoms with Crippen LogP contribution < -0.4 is 16.4 Å². The van der Waals surface area contributed by atoms with Crippen LogP contribution in [0.1, 0.15) is 31.2 Å². The van der Waals surface area contributed by atoms with Gasteiger partial charge in [0.25, 0.3) is 0 Å². The van der Waals surface area contributed by atoms with Crippen molar-refractivity contribution in [3.05, 3.63) is 52.1 Å². The maximum atomic E-state index is 11.3. The number of benzene rings is 1. The second kappa shape index (κ2) is 8.68. The van der Waals surface area contributed by atoms with Crippen molar-refractivity contribution in [2.75, 3.05) is 17.2 Å². The fourth-order valence-corrected chi connectivity index (χ4v) is 3.31. The van der Waals surface area contributed by atoms with E-state index in [2.05, 4.69) is 15.6 Å². The summed E-state index contributed by atoms with van der Waals surface area (Å²) in [6.07, 6.45) is 4.02. The summed E-state index contributed by atoms with van der Waals surface area (Å²) in [4.78, 5) is 15.2. The number of hydrogen-bond donors (Lipinski definition) is 4. The largest absolute Gasteiger partial charge is 0.508 e. The number of hydrogen-bond acceptors (Lipinski definition) is 7. The van der Waals surface area contributed by atoms with Gasteiger partial charge in [-0.15, -0.1) is 0 Å². The van der Waals surface area contributed by atoms with E-state index >= 15 is 0 Å². The van der Waals surface area contributed by atoms with Crippen molar-refractivity contribution >= 4 is 17.3 Å². The van der Waals surface area contributed by atoms with E-state index < -0.39 is 4.92 Å². The summed E-state index contributed by atoms with van der Waals surface area (Å²) in [5, 5.41) is 27.4. The number of aromatic hydroxyl groups is 1. The van der Waals surface area contributed by atoms with Gasteiger partial charge in [0.1, 0.15) is 11.6 Å². The lowest BCUT2D eigenvalue weighted by Gasteiger charge is -2.26. The highest BCUT2D eigenvalue weighted by atomic mass is 16.6. The lowest BCUT2D eigenvalue weighted by Crippen LogP contribution is -2.29. The number of nitrogens with two attached hydrogens (primary N) is 1. The van der Waals surface area contributed by atoms with E-state index in [0.717, 1.165) is 31.2 Å². The van der Waals surface area contributed by atoms with Gasteiger partial charge in [0, 0.05) is 30.8 Å². The number of nitrogens with one attached hydrogen (secondary N) is 2. The Morgan fingerprint density at radius 2 is 1.89 bits per heavy atom. The number of phenolic OH excluding ortho intramolecular Hbond substituents is 1. The van der Waals surface area contributed by atoms with Gasteiger partial charge in [-0.25, -0.2) is 4.98 Å². The van der Waals surface area contributed by atoms with Gasteiger partial charge in [0.15, 0.2) is 0 Å². The molecular formula is C19H25N5O3. The van der Waals surface area contributed by atoms with Crippen LogP contribution in [-0.2, 0) is 6.54 Å². The predicted molar refractivity (Wildman–Crippen MR) is 105 cm³/mol. The van der Waals surface area contributed by atoms with E-state index in [1.54, 1.807) is 24.3 Å². The molecule has 0 spiro atoms. The number of rotatable bonds is 7. The summed E-state index contributed by atoms with van der Waals surface area (Å²) in [5.41, 5.74) is 6.61. The summed E-state index contributed by atoms with van der Waals surface area (Å²) < 4.78 is 0. The minimum Gasteiger partial charge on any atom is -0.508 e. The zero-order valence-corrected chi connectivity index (χ0v) is 15.1. The van der Waals surface area contributed by atoms with E-state index in [4.69, 9.17) is 5.73 Å². The maximum Gasteiger partial charge on any atom is 0.311 e. The molecular weight excluding hydrogens is 346 g/mol. The first kappa shape index (κ1) is 18.9. The molecule has 1 aromatic carbocycles. The Morgan fingerprint density at radius 3 is 2.59 bits per heavy atom. The van der Waals surface area contributed by atoms with Gasteiger partial charge >= 0.3 is 5.69 Å². The van der Waals surface area contributed by atoms with Crippen LogP contribution in [-0.4, -0.2) is 27.6 Å². The van der Waals surface area contributed by atoms with Crippen LogP contribution in [0.2, 0.25) is 0 Å². The van der Waals surface area contributed by atoms with Crippen LogP contribution in [0.4, 0.5) is 17.3 Å². The number of nitro groups is 1. The molecule has 0 amide bonds. The molecule has 0 saturated heterocycles. The topological polar surface area (TPSA) is 126 Å². The quantitative estimate of drug-likeness (QED) is 0.435. The molecule has 8 heteroatoms. The molecule has 8 nitrogen and oxygen atoms in total. The second-order valence-corrected chi connectivity index (χ2v) is 6.97. The molecule has 1 aromatic heterocycles. The van der Waals surface area contributed by atoms with Gasteiger partial charge in [-0.05, 0) is 43.7 Å². The third-order valence-electron chi connectivity index (χ3n) is 4.97. The van der Waals surface area contributed by atoms with Gasteiger partial charge in [0.2, 0.25) is 5.82 Å². The minimum atomic E-state index is -0.432. The molecule has 1 fully saturated rings. The summed E-state index contributed by atoms with van der Waals surface area (Å²) >= 11 is 0. The molecule has 27 heavy (non-hydrogen) atoms. The molecule has 3 rings (SSSR count). The SMILES string of the molecule is N[C@H]1CC[C@H](CNc2nc(NCc3ccccc3O)ccc2[N+](=O)[O-])CC1. The van der Waals surface area contributed by atoms with Crippen LogP contribution in [0.3, 0.4) is 0 Å². The summed E-state index contributed by atoms with van der Waals surface area (Å²) in [6, 6.07) is 10.3. The number of anilines is 2. The Balaban J connectivity index is 1.67. The van der Waals surface area contributed by atoms with Crippen molar-refractivity contribution in [3.63, 3.8) is 0 Å². The molecule has 0 atom stereocenters. The Morgan fingerprint density at radius 1 is 1.15 bits per heavy atom. The summed E-state index contributed by atoms with van der Waals surface area (Å²) in [5.74, 6) is 1.42. The highest BCUT2D eigenvalue weighted by molar-refractivity contribution is 5.60. The van der Waals surface area contributed by atoms with Crippen molar-refractivity contribution in [1.82, 2.24) is 4.98 Å². The highest BCUT2D eigenvalue weighted by Crippen LogP contribution is 2.28. The van der Waals surface area contributed by atoms with Crippen molar-refractivity contribution in [3.8, 4) is 5.75 Å². The van der Waals surface area contributed by atoms with Gasteiger partial charge in [-0.2, -0.15) is 0 Å². The number of nitrogens with zero attached hydrogens (tertiary/aromatic N) is 2. The Bertz CT molecular complexity index is 791. The predicted octanol–water partition coefficient (Wildman–Crippen LogP) is 3.24. The number of aromatic nitrogens is 1. The van der Waals surface area contributed by atoms with Crippen LogP contribution in [0.15, 0.2) is 36.4 Å². The second-order valence-electron chi connectivity index (χ2n) is 6.97. The molecule has 0 bridgehead atoms. The smallest absolute Gasteiger partial charge is 0.311 e. The Labute approximate surface area is 158 Å². The third-order valence-corrected chi connectivity index (χ3v) is 4.97. The fraction of sp³-hybridized carbons (Fsp3) is 0.421. The first-order chi connectivity index (χ1) is 13.0. The van der Waals surface area contributed by atoms with Gasteiger partial charge in [0.05, 0.1) is 4.92 Å². The van der Waals surface area contributed by atoms with Gasteiger partial charge in [-0.3, -0.25) is 10.1 Å². The highest BCUT2D eigenvalue weighted by Gasteiger charge is 2.21. The molecule has 0 radical (unpaired) electrons. The molecule has 1 heterocycles. The van der Waals surface area contributed by atoms with Crippen molar-refractivity contribution < 1.29 is 10.0 Å². The number of pyridine rings is 1. The van der Waals surface area contributed by atoms with Gasteiger partial charge in [-0.1, -0.05) is 18.2 Å². The van der Waals surface area contributed by atoms with Crippen LogP contribution in [0, 0.1) is 16.0 Å². The maximum absolute atomic E-state index is 11.3. The van der Waals surface area contributed by atoms with Gasteiger partial charge < -0.3 is 21.5 Å². The molecule has 5 N–H and O–H groups in total. The molecule has 144 valence electrons. The average Bonchev–Trinajstić information content (AvgIpc) is 2.67. The normalized spacial score (nSPS) is 19.4. The van der Waals surface area contributed by atoms with E-state index in [9.17, 15) is 15.2 Å². The van der Waals surface area contributed by atoms with Crippen molar-refractivity contribution in [2.24, 2.45) is 11.7 Å². The molecule has 0 unspecified atom stereocenters. The standard InChI is InChI=1S/C19H25N5O3/c20-15-7-5-13(6-8-15)11-22-19-16(24(26)27)9-10-18(23-19)21-12-14-3-1-2-4-17(14)25/h1-4,9-10,13,15,25H,5-8,11-12,20H2,(H2,21,22,23)/t13-,15-. The first-order valence-electron chi connectivity index (χ1n) is 9.18. The zero-order valence-electron chi connectivity index (χ0n) is 15.1. The van der Waals surface area contributed by atoms with Crippen molar-refractivity contribution in [1.29, 1.82) is 0 Å². The average molecular weight is 371 g/mol. The molecule has 1 saturated carbocycles. The fourth-order valence-electron chi connectivity index (χ4n) is 3.31. The van der Waals surface area contributed by atoms with E-state index in [1.165, 1.54) is 6.07 Å². The molecule has 1 aliphatic rings. The van der Waals surface area contributed by atoms with E-state index in [1.807, 2.05) is 6.07 Å². The minimum absolute atomic E-state index is 0.0457. The van der Waals surface area contributed by atoms with Crippen LogP contribution in [0.5, 0.6) is 5.75 Å². The van der Waals surface area contributed by atoms with Crippen LogP contribution in [0.25, 0.3) is 0 Å². The van der Waals surface area contributed by atoms with E-state index in [-0.39, 0.29) is 23.3 Å². The lowest BCUT2D eigenvalue weighted by molar-refractivity contribution is -0.384. The third kappa shape index (κ3) is 5.07. The lowest BCUT2D eigenvalue weighted by atomic mass is 9.86. The van der Waals surface area contributed by atoms with E-state index in [0.29, 0.717) is 24.8 Å². The molecule has 2 aromatic rings. The summed E-state index contributed by atoms with van der Waals surface area (Å²) in [6.45, 7) is 1.01. The monoisotopic (exact) mass is 371 g/mol. The zero-order chi connectivity index (χ0) is 19.2.